The smallest absolute Gasteiger partial charge is 0.328 e. The van der Waals surface area contributed by atoms with Gasteiger partial charge in [-0.3, -0.25) is 14.2 Å². The fraction of sp³-hybridized carbons (Fsp3) is 0.458. The Labute approximate surface area is 191 Å². The lowest BCUT2D eigenvalue weighted by Gasteiger charge is -2.37. The highest BCUT2D eigenvalue weighted by Crippen LogP contribution is 2.24. The topological polar surface area (TPSA) is 78.4 Å². The van der Waals surface area contributed by atoms with Crippen LogP contribution in [0.4, 0.5) is 5.69 Å². The number of rotatable bonds is 7. The Balaban J connectivity index is 1.21. The maximum absolute atomic E-state index is 12.6. The number of piperazine rings is 1. The van der Waals surface area contributed by atoms with Crippen LogP contribution in [-0.4, -0.2) is 46.5 Å². The minimum atomic E-state index is -0.362. The van der Waals surface area contributed by atoms with Crippen LogP contribution >= 0.6 is 11.3 Å². The van der Waals surface area contributed by atoms with E-state index in [1.54, 1.807) is 11.4 Å². The van der Waals surface area contributed by atoms with Gasteiger partial charge in [-0.25, -0.2) is 4.79 Å². The number of H-pyrrole nitrogens is 1. The summed E-state index contributed by atoms with van der Waals surface area (Å²) >= 11 is 1.34. The van der Waals surface area contributed by atoms with E-state index in [4.69, 9.17) is 0 Å². The molecule has 0 spiro atoms. The van der Waals surface area contributed by atoms with Gasteiger partial charge in [0, 0.05) is 44.8 Å². The van der Waals surface area contributed by atoms with Crippen LogP contribution in [0, 0.1) is 13.8 Å². The molecule has 1 aliphatic heterocycles. The third kappa shape index (κ3) is 4.65. The lowest BCUT2D eigenvalue weighted by atomic mass is 10.1. The molecule has 0 unspecified atom stereocenters. The number of amides is 1. The molecule has 1 fully saturated rings. The van der Waals surface area contributed by atoms with E-state index in [1.165, 1.54) is 32.7 Å². The molecule has 0 saturated carbocycles. The van der Waals surface area contributed by atoms with Gasteiger partial charge in [0.1, 0.15) is 4.70 Å². The Bertz CT molecular complexity index is 1220. The molecule has 7 nitrogen and oxygen atoms in total. The summed E-state index contributed by atoms with van der Waals surface area (Å²) in [5, 5.41) is 1.81. The Hall–Kier alpha value is -2.87. The van der Waals surface area contributed by atoms with Crippen LogP contribution in [0.3, 0.4) is 0 Å². The molecule has 1 saturated heterocycles. The third-order valence-electron chi connectivity index (χ3n) is 6.41. The number of nitrogens with zero attached hydrogens (tertiary/aromatic N) is 3. The Kier molecular flexibility index (Phi) is 6.79. The van der Waals surface area contributed by atoms with Crippen molar-refractivity contribution in [3.05, 3.63) is 61.6 Å². The number of benzene rings is 1. The van der Waals surface area contributed by atoms with E-state index < -0.39 is 0 Å². The number of hydrogen-bond donors (Lipinski definition) is 1. The molecule has 0 radical (unpaired) electrons. The average molecular weight is 455 g/mol. The van der Waals surface area contributed by atoms with Gasteiger partial charge in [-0.1, -0.05) is 18.6 Å². The highest BCUT2D eigenvalue weighted by atomic mass is 32.1. The van der Waals surface area contributed by atoms with Crippen LogP contribution in [0.15, 0.2) is 39.2 Å². The number of anilines is 1. The SMILES string of the molecule is Cc1cccc(N2CCN(C(=O)CCCCCn3c(=O)[nH]c4ccsc4c3=O)CC2)c1C. The number of aromatic amines is 1. The number of carbonyl (C=O) groups is 1. The summed E-state index contributed by atoms with van der Waals surface area (Å²) in [6, 6.07) is 8.13. The van der Waals surface area contributed by atoms with Crippen molar-refractivity contribution < 1.29 is 4.79 Å². The number of thiophene rings is 1. The zero-order valence-corrected chi connectivity index (χ0v) is 19.5. The van der Waals surface area contributed by atoms with E-state index in [1.807, 2.05) is 4.90 Å². The normalized spacial score (nSPS) is 14.3. The second kappa shape index (κ2) is 9.73. The van der Waals surface area contributed by atoms with E-state index >= 15 is 0 Å². The number of aryl methyl sites for hydroxylation is 1. The van der Waals surface area contributed by atoms with Crippen molar-refractivity contribution in [2.45, 2.75) is 46.1 Å². The Morgan fingerprint density at radius 3 is 2.59 bits per heavy atom. The number of fused-ring (bicyclic) bond motifs is 1. The van der Waals surface area contributed by atoms with E-state index in [9.17, 15) is 14.4 Å². The van der Waals surface area contributed by atoms with Crippen molar-refractivity contribution in [2.75, 3.05) is 31.1 Å². The fourth-order valence-corrected chi connectivity index (χ4v) is 5.13. The van der Waals surface area contributed by atoms with Crippen molar-refractivity contribution >= 4 is 33.1 Å². The second-order valence-corrected chi connectivity index (χ2v) is 9.36. The zero-order valence-electron chi connectivity index (χ0n) is 18.7. The predicted octanol–water partition coefficient (Wildman–Crippen LogP) is 3.28. The molecule has 1 aliphatic rings. The lowest BCUT2D eigenvalue weighted by Crippen LogP contribution is -2.49. The van der Waals surface area contributed by atoms with Gasteiger partial charge in [0.15, 0.2) is 0 Å². The van der Waals surface area contributed by atoms with Crippen LogP contribution in [0.5, 0.6) is 0 Å². The van der Waals surface area contributed by atoms with Crippen LogP contribution < -0.4 is 16.1 Å². The first kappa shape index (κ1) is 22.3. The van der Waals surface area contributed by atoms with Gasteiger partial charge in [-0.2, -0.15) is 0 Å². The van der Waals surface area contributed by atoms with E-state index in [2.05, 4.69) is 41.9 Å². The molecule has 0 atom stereocenters. The molecule has 8 heteroatoms. The van der Waals surface area contributed by atoms with Crippen molar-refractivity contribution in [2.24, 2.45) is 0 Å². The molecular weight excluding hydrogens is 424 g/mol. The predicted molar refractivity (Wildman–Crippen MR) is 130 cm³/mol. The van der Waals surface area contributed by atoms with Gasteiger partial charge in [-0.05, 0) is 55.3 Å². The van der Waals surface area contributed by atoms with Crippen LogP contribution in [0.1, 0.15) is 36.8 Å². The molecule has 3 heterocycles. The summed E-state index contributed by atoms with van der Waals surface area (Å²) in [7, 11) is 0. The fourth-order valence-electron chi connectivity index (χ4n) is 4.33. The molecule has 2 aromatic heterocycles. The van der Waals surface area contributed by atoms with Crippen molar-refractivity contribution in [1.29, 1.82) is 0 Å². The minimum absolute atomic E-state index is 0.195. The van der Waals surface area contributed by atoms with Crippen LogP contribution in [0.2, 0.25) is 0 Å². The molecule has 1 aromatic carbocycles. The Morgan fingerprint density at radius 2 is 1.81 bits per heavy atom. The number of carbonyl (C=O) groups excluding carboxylic acids is 1. The molecule has 4 rings (SSSR count). The highest BCUT2D eigenvalue weighted by Gasteiger charge is 2.22. The first-order chi connectivity index (χ1) is 15.5. The maximum atomic E-state index is 12.6. The molecule has 1 amide bonds. The average Bonchev–Trinajstić information content (AvgIpc) is 3.26. The van der Waals surface area contributed by atoms with E-state index in [-0.39, 0.29) is 17.2 Å². The largest absolute Gasteiger partial charge is 0.368 e. The molecule has 170 valence electrons. The van der Waals surface area contributed by atoms with Crippen molar-refractivity contribution in [1.82, 2.24) is 14.5 Å². The number of hydrogen-bond acceptors (Lipinski definition) is 5. The Morgan fingerprint density at radius 1 is 1.03 bits per heavy atom. The van der Waals surface area contributed by atoms with Gasteiger partial charge in [0.05, 0.1) is 5.52 Å². The van der Waals surface area contributed by atoms with Gasteiger partial charge < -0.3 is 14.8 Å². The molecule has 0 bridgehead atoms. The zero-order chi connectivity index (χ0) is 22.7. The minimum Gasteiger partial charge on any atom is -0.368 e. The quantitative estimate of drug-likeness (QED) is 0.556. The van der Waals surface area contributed by atoms with Crippen molar-refractivity contribution in [3.8, 4) is 0 Å². The highest BCUT2D eigenvalue weighted by molar-refractivity contribution is 7.17. The number of nitrogens with one attached hydrogen (secondary N) is 1. The summed E-state index contributed by atoms with van der Waals surface area (Å²) in [4.78, 5) is 44.3. The number of unbranched alkanes of at least 4 members (excludes halogenated alkanes) is 2. The monoisotopic (exact) mass is 454 g/mol. The van der Waals surface area contributed by atoms with Crippen LogP contribution in [0.25, 0.3) is 10.2 Å². The van der Waals surface area contributed by atoms with Crippen molar-refractivity contribution in [3.63, 3.8) is 0 Å². The van der Waals surface area contributed by atoms with Crippen LogP contribution in [-0.2, 0) is 11.3 Å². The first-order valence-electron chi connectivity index (χ1n) is 11.2. The first-order valence-corrected chi connectivity index (χ1v) is 12.1. The molecular formula is C24H30N4O3S. The summed E-state index contributed by atoms with van der Waals surface area (Å²) in [6.07, 6.45) is 2.79. The molecule has 1 N–H and O–H groups in total. The van der Waals surface area contributed by atoms with Gasteiger partial charge in [-0.15, -0.1) is 11.3 Å². The summed E-state index contributed by atoms with van der Waals surface area (Å²) in [5.74, 6) is 0.195. The van der Waals surface area contributed by atoms with Gasteiger partial charge >= 0.3 is 5.69 Å². The molecule has 32 heavy (non-hydrogen) atoms. The molecule has 0 aliphatic carbocycles. The second-order valence-electron chi connectivity index (χ2n) is 8.45. The maximum Gasteiger partial charge on any atom is 0.328 e. The summed E-state index contributed by atoms with van der Waals surface area (Å²) < 4.78 is 1.85. The third-order valence-corrected chi connectivity index (χ3v) is 7.32. The molecule has 3 aromatic rings. The van der Waals surface area contributed by atoms with E-state index in [0.29, 0.717) is 29.6 Å². The lowest BCUT2D eigenvalue weighted by molar-refractivity contribution is -0.131. The van der Waals surface area contributed by atoms with Gasteiger partial charge in [0.2, 0.25) is 5.91 Å². The summed E-state index contributed by atoms with van der Waals surface area (Å²) in [5.41, 5.74) is 3.88. The summed E-state index contributed by atoms with van der Waals surface area (Å²) in [6.45, 7) is 7.87. The number of aromatic nitrogens is 2. The van der Waals surface area contributed by atoms with E-state index in [0.717, 1.165) is 39.0 Å². The standard InChI is InChI=1S/C24H30N4O3S/c1-17-7-6-8-20(18(17)2)26-12-14-27(15-13-26)21(29)9-4-3-5-11-28-23(30)22-19(10-16-32-22)25-24(28)31/h6-8,10,16H,3-5,9,11-15H2,1-2H3,(H,25,31). The van der Waals surface area contributed by atoms with Gasteiger partial charge in [0.25, 0.3) is 5.56 Å².